The van der Waals surface area contributed by atoms with E-state index >= 15 is 0 Å². The molecule has 2 aliphatic rings. The number of hydrogen-bond donors (Lipinski definition) is 0. The van der Waals surface area contributed by atoms with Crippen LogP contribution in [-0.2, 0) is 22.7 Å². The molecule has 29 heavy (non-hydrogen) atoms. The summed E-state index contributed by atoms with van der Waals surface area (Å²) in [5.74, 6) is 0.119. The summed E-state index contributed by atoms with van der Waals surface area (Å²) in [5, 5.41) is 3.12. The molecule has 2 amide bonds. The van der Waals surface area contributed by atoms with Gasteiger partial charge in [0.2, 0.25) is 11.8 Å². The molecule has 0 radical (unpaired) electrons. The first kappa shape index (κ1) is 18.3. The number of nitrogens with zero attached hydrogens (tertiary/aromatic N) is 4. The fourth-order valence-corrected chi connectivity index (χ4v) is 4.96. The topological polar surface area (TPSA) is 56.8 Å². The molecule has 1 atom stereocenters. The lowest BCUT2D eigenvalue weighted by atomic mass is 10.0. The Hall–Kier alpha value is -2.77. The monoisotopic (exact) mass is 406 g/mol. The summed E-state index contributed by atoms with van der Waals surface area (Å²) in [6, 6.07) is 13.9. The highest BCUT2D eigenvalue weighted by Crippen LogP contribution is 2.23. The molecule has 148 valence electrons. The van der Waals surface area contributed by atoms with Crippen LogP contribution in [0.4, 0.5) is 0 Å². The maximum absolute atomic E-state index is 13.1. The van der Waals surface area contributed by atoms with Gasteiger partial charge >= 0.3 is 0 Å². The Balaban J connectivity index is 1.30. The van der Waals surface area contributed by atoms with E-state index in [1.165, 1.54) is 5.56 Å². The first-order valence-electron chi connectivity index (χ1n) is 9.84. The lowest BCUT2D eigenvalue weighted by Gasteiger charge is -2.46. The number of piperazine rings is 2. The van der Waals surface area contributed by atoms with Gasteiger partial charge in [-0.05, 0) is 35.2 Å². The summed E-state index contributed by atoms with van der Waals surface area (Å²) < 4.78 is 0. The zero-order valence-electron chi connectivity index (χ0n) is 16.0. The molecule has 4 heterocycles. The maximum atomic E-state index is 13.1. The van der Waals surface area contributed by atoms with Gasteiger partial charge in [0, 0.05) is 42.6 Å². The van der Waals surface area contributed by atoms with E-state index in [1.54, 1.807) is 27.3 Å². The molecule has 0 N–H and O–H groups in total. The summed E-state index contributed by atoms with van der Waals surface area (Å²) in [6.45, 7) is 3.44. The van der Waals surface area contributed by atoms with Gasteiger partial charge in [-0.15, -0.1) is 11.3 Å². The molecule has 3 aromatic rings. The Bertz CT molecular complexity index is 1050. The van der Waals surface area contributed by atoms with Crippen LogP contribution in [0.2, 0.25) is 0 Å². The SMILES string of the molecule is O=C1C2CN(Cc3ccc4ncccc4c3)CCN2C(=O)CN1Cc1cccs1. The van der Waals surface area contributed by atoms with Gasteiger partial charge < -0.3 is 9.80 Å². The van der Waals surface area contributed by atoms with E-state index in [0.717, 1.165) is 28.9 Å². The van der Waals surface area contributed by atoms with Crippen molar-refractivity contribution in [2.45, 2.75) is 19.1 Å². The van der Waals surface area contributed by atoms with Gasteiger partial charge in [0.05, 0.1) is 12.1 Å². The highest BCUT2D eigenvalue weighted by Gasteiger charge is 2.42. The average molecular weight is 407 g/mol. The normalized spacial score (nSPS) is 20.3. The van der Waals surface area contributed by atoms with E-state index in [1.807, 2.05) is 29.6 Å². The van der Waals surface area contributed by atoms with Crippen molar-refractivity contribution in [3.05, 3.63) is 64.5 Å². The number of carbonyl (C=O) groups excluding carboxylic acids is 2. The summed E-state index contributed by atoms with van der Waals surface area (Å²) in [6.07, 6.45) is 1.80. The minimum absolute atomic E-state index is 0.0579. The van der Waals surface area contributed by atoms with E-state index < -0.39 is 0 Å². The van der Waals surface area contributed by atoms with Crippen molar-refractivity contribution in [2.75, 3.05) is 26.2 Å². The average Bonchev–Trinajstić information content (AvgIpc) is 3.25. The number of benzene rings is 1. The highest BCUT2D eigenvalue weighted by atomic mass is 32.1. The molecular weight excluding hydrogens is 384 g/mol. The zero-order chi connectivity index (χ0) is 19.8. The molecule has 5 rings (SSSR count). The number of fused-ring (bicyclic) bond motifs is 2. The lowest BCUT2D eigenvalue weighted by molar-refractivity contribution is -0.160. The molecule has 6 nitrogen and oxygen atoms in total. The molecular formula is C22H22N4O2S. The largest absolute Gasteiger partial charge is 0.327 e. The quantitative estimate of drug-likeness (QED) is 0.668. The van der Waals surface area contributed by atoms with Crippen molar-refractivity contribution >= 4 is 34.1 Å². The van der Waals surface area contributed by atoms with Gasteiger partial charge in [-0.1, -0.05) is 18.2 Å². The van der Waals surface area contributed by atoms with Crippen LogP contribution in [0, 0.1) is 0 Å². The second-order valence-corrected chi connectivity index (χ2v) is 8.67. The van der Waals surface area contributed by atoms with Crippen molar-refractivity contribution in [1.29, 1.82) is 0 Å². The molecule has 0 aliphatic carbocycles. The third kappa shape index (κ3) is 3.63. The molecule has 1 unspecified atom stereocenters. The van der Waals surface area contributed by atoms with Crippen molar-refractivity contribution in [2.24, 2.45) is 0 Å². The second-order valence-electron chi connectivity index (χ2n) is 7.64. The van der Waals surface area contributed by atoms with Gasteiger partial charge in [0.1, 0.15) is 12.6 Å². The Morgan fingerprint density at radius 1 is 1.07 bits per heavy atom. The van der Waals surface area contributed by atoms with Crippen molar-refractivity contribution < 1.29 is 9.59 Å². The molecule has 2 aliphatic heterocycles. The fraction of sp³-hybridized carbons (Fsp3) is 0.318. The zero-order valence-corrected chi connectivity index (χ0v) is 16.8. The molecule has 2 saturated heterocycles. The third-order valence-electron chi connectivity index (χ3n) is 5.71. The standard InChI is InChI=1S/C22H22N4O2S/c27-21-15-25(13-18-4-2-10-29-18)22(28)20-14-24(8-9-26(20)21)12-16-5-6-19-17(11-16)3-1-7-23-19/h1-7,10-11,20H,8-9,12-15H2. The van der Waals surface area contributed by atoms with Crippen LogP contribution in [0.15, 0.2) is 54.0 Å². The number of pyridine rings is 1. The Labute approximate surface area is 173 Å². The van der Waals surface area contributed by atoms with Gasteiger partial charge in [-0.3, -0.25) is 19.5 Å². The molecule has 2 aromatic heterocycles. The molecule has 0 saturated carbocycles. The molecule has 0 spiro atoms. The lowest BCUT2D eigenvalue weighted by Crippen LogP contribution is -2.66. The number of amides is 2. The smallest absolute Gasteiger partial charge is 0.247 e. The Kier molecular flexibility index (Phi) is 4.77. The molecule has 0 bridgehead atoms. The van der Waals surface area contributed by atoms with Gasteiger partial charge in [0.15, 0.2) is 0 Å². The third-order valence-corrected chi connectivity index (χ3v) is 6.57. The van der Waals surface area contributed by atoms with E-state index in [-0.39, 0.29) is 24.4 Å². The van der Waals surface area contributed by atoms with Gasteiger partial charge in [-0.25, -0.2) is 0 Å². The van der Waals surface area contributed by atoms with Gasteiger partial charge in [0.25, 0.3) is 0 Å². The molecule has 2 fully saturated rings. The summed E-state index contributed by atoms with van der Waals surface area (Å²) in [7, 11) is 0. The van der Waals surface area contributed by atoms with E-state index in [9.17, 15) is 9.59 Å². The number of rotatable bonds is 4. The number of aromatic nitrogens is 1. The minimum Gasteiger partial charge on any atom is -0.327 e. The van der Waals surface area contributed by atoms with Crippen LogP contribution in [-0.4, -0.2) is 63.7 Å². The summed E-state index contributed by atoms with van der Waals surface area (Å²) in [4.78, 5) is 37.0. The van der Waals surface area contributed by atoms with Crippen LogP contribution in [0.3, 0.4) is 0 Å². The van der Waals surface area contributed by atoms with Crippen LogP contribution < -0.4 is 0 Å². The van der Waals surface area contributed by atoms with Crippen LogP contribution in [0.25, 0.3) is 10.9 Å². The maximum Gasteiger partial charge on any atom is 0.247 e. The van der Waals surface area contributed by atoms with Crippen LogP contribution >= 0.6 is 11.3 Å². The van der Waals surface area contributed by atoms with Crippen molar-refractivity contribution in [3.8, 4) is 0 Å². The molecule has 1 aromatic carbocycles. The fourth-order valence-electron chi connectivity index (χ4n) is 4.24. The first-order chi connectivity index (χ1) is 14.2. The minimum atomic E-state index is -0.382. The highest BCUT2D eigenvalue weighted by molar-refractivity contribution is 7.09. The van der Waals surface area contributed by atoms with Crippen molar-refractivity contribution in [3.63, 3.8) is 0 Å². The Morgan fingerprint density at radius 2 is 2.00 bits per heavy atom. The predicted molar refractivity (Wildman–Crippen MR) is 112 cm³/mol. The van der Waals surface area contributed by atoms with E-state index in [0.29, 0.717) is 19.6 Å². The second kappa shape index (κ2) is 7.57. The summed E-state index contributed by atoms with van der Waals surface area (Å²) >= 11 is 1.62. The summed E-state index contributed by atoms with van der Waals surface area (Å²) in [5.41, 5.74) is 2.18. The van der Waals surface area contributed by atoms with Crippen LogP contribution in [0.1, 0.15) is 10.4 Å². The van der Waals surface area contributed by atoms with E-state index in [2.05, 4.69) is 28.1 Å². The van der Waals surface area contributed by atoms with Crippen LogP contribution in [0.5, 0.6) is 0 Å². The number of thiophene rings is 1. The van der Waals surface area contributed by atoms with E-state index in [4.69, 9.17) is 0 Å². The van der Waals surface area contributed by atoms with Crippen molar-refractivity contribution in [1.82, 2.24) is 19.7 Å². The Morgan fingerprint density at radius 3 is 2.86 bits per heavy atom. The first-order valence-corrected chi connectivity index (χ1v) is 10.7. The number of hydrogen-bond acceptors (Lipinski definition) is 5. The molecule has 7 heteroatoms. The predicted octanol–water partition coefficient (Wildman–Crippen LogP) is 2.35. The number of carbonyl (C=O) groups is 2. The van der Waals surface area contributed by atoms with Gasteiger partial charge in [-0.2, -0.15) is 0 Å².